The first-order valence-electron chi connectivity index (χ1n) is 5.58. The van der Waals surface area contributed by atoms with Crippen LogP contribution in [0, 0.1) is 0 Å². The quantitative estimate of drug-likeness (QED) is 0.686. The Labute approximate surface area is 82.0 Å². The maximum atomic E-state index is 6.09. The van der Waals surface area contributed by atoms with Crippen molar-refractivity contribution in [3.8, 4) is 0 Å². The van der Waals surface area contributed by atoms with E-state index in [0.717, 1.165) is 13.1 Å². The zero-order chi connectivity index (χ0) is 9.73. The molecule has 0 amide bonds. The predicted molar refractivity (Wildman–Crippen MR) is 56.0 cm³/mol. The molecule has 0 spiro atoms. The van der Waals surface area contributed by atoms with Gasteiger partial charge in [0.15, 0.2) is 0 Å². The van der Waals surface area contributed by atoms with Gasteiger partial charge in [-0.3, -0.25) is 0 Å². The maximum absolute atomic E-state index is 6.09. The molecule has 0 radical (unpaired) electrons. The van der Waals surface area contributed by atoms with Crippen LogP contribution < -0.4 is 5.32 Å². The topological polar surface area (TPSA) is 21.3 Å². The number of nitrogens with one attached hydrogen (secondary N) is 1. The molecule has 1 fully saturated rings. The molecule has 0 saturated carbocycles. The molecule has 1 aliphatic rings. The molecular weight excluding hydrogens is 162 g/mol. The first-order chi connectivity index (χ1) is 6.20. The highest BCUT2D eigenvalue weighted by Crippen LogP contribution is 2.22. The Kier molecular flexibility index (Phi) is 4.20. The molecule has 0 aliphatic carbocycles. The van der Waals surface area contributed by atoms with Gasteiger partial charge in [-0.1, -0.05) is 26.7 Å². The van der Waals surface area contributed by atoms with E-state index in [2.05, 4.69) is 26.1 Å². The molecule has 1 saturated heterocycles. The molecule has 0 aromatic heterocycles. The van der Waals surface area contributed by atoms with E-state index in [1.165, 1.54) is 25.7 Å². The summed E-state index contributed by atoms with van der Waals surface area (Å²) in [6, 6.07) is 0. The number of hydrogen-bond acceptors (Lipinski definition) is 2. The van der Waals surface area contributed by atoms with Gasteiger partial charge in [0, 0.05) is 13.1 Å². The largest absolute Gasteiger partial charge is 0.369 e. The van der Waals surface area contributed by atoms with Crippen LogP contribution in [0.25, 0.3) is 0 Å². The highest BCUT2D eigenvalue weighted by molar-refractivity contribution is 4.91. The molecule has 0 aromatic carbocycles. The van der Waals surface area contributed by atoms with Crippen molar-refractivity contribution in [1.82, 2.24) is 5.32 Å². The summed E-state index contributed by atoms with van der Waals surface area (Å²) in [7, 11) is 0. The lowest BCUT2D eigenvalue weighted by atomic mass is 9.98. The van der Waals surface area contributed by atoms with Gasteiger partial charge in [0.2, 0.25) is 0 Å². The van der Waals surface area contributed by atoms with Crippen molar-refractivity contribution in [3.63, 3.8) is 0 Å². The van der Waals surface area contributed by atoms with Crippen LogP contribution in [0.15, 0.2) is 0 Å². The normalized spacial score (nSPS) is 20.3. The Bertz CT molecular complexity index is 137. The molecule has 0 unspecified atom stereocenters. The Morgan fingerprint density at radius 2 is 1.77 bits per heavy atom. The average molecular weight is 185 g/mol. The highest BCUT2D eigenvalue weighted by Gasteiger charge is 2.34. The standard InChI is InChI=1S/C11H23NO/c1-4-6-10(7-5-2)13-11(3)8-12-9-11/h10,12H,4-9H2,1-3H3. The van der Waals surface area contributed by atoms with Crippen LogP contribution >= 0.6 is 0 Å². The van der Waals surface area contributed by atoms with E-state index in [1.54, 1.807) is 0 Å². The van der Waals surface area contributed by atoms with Crippen molar-refractivity contribution in [2.45, 2.75) is 58.2 Å². The van der Waals surface area contributed by atoms with Crippen LogP contribution in [0.3, 0.4) is 0 Å². The fourth-order valence-electron chi connectivity index (χ4n) is 1.87. The molecule has 2 heteroatoms. The van der Waals surface area contributed by atoms with E-state index in [4.69, 9.17) is 4.74 Å². The van der Waals surface area contributed by atoms with Crippen molar-refractivity contribution < 1.29 is 4.74 Å². The third-order valence-corrected chi connectivity index (χ3v) is 2.67. The number of hydrogen-bond donors (Lipinski definition) is 1. The Morgan fingerprint density at radius 3 is 2.08 bits per heavy atom. The lowest BCUT2D eigenvalue weighted by Crippen LogP contribution is -2.60. The molecule has 2 nitrogen and oxygen atoms in total. The van der Waals surface area contributed by atoms with E-state index >= 15 is 0 Å². The van der Waals surface area contributed by atoms with Gasteiger partial charge < -0.3 is 10.1 Å². The van der Waals surface area contributed by atoms with E-state index in [1.807, 2.05) is 0 Å². The third-order valence-electron chi connectivity index (χ3n) is 2.67. The van der Waals surface area contributed by atoms with E-state index < -0.39 is 0 Å². The molecule has 1 heterocycles. The summed E-state index contributed by atoms with van der Waals surface area (Å²) < 4.78 is 6.09. The van der Waals surface area contributed by atoms with Crippen LogP contribution in [-0.2, 0) is 4.74 Å². The summed E-state index contributed by atoms with van der Waals surface area (Å²) in [6.07, 6.45) is 5.37. The summed E-state index contributed by atoms with van der Waals surface area (Å²) in [5.74, 6) is 0. The average Bonchev–Trinajstić information content (AvgIpc) is 2.02. The fraction of sp³-hybridized carbons (Fsp3) is 1.00. The van der Waals surface area contributed by atoms with Gasteiger partial charge in [0.25, 0.3) is 0 Å². The van der Waals surface area contributed by atoms with Gasteiger partial charge in [-0.15, -0.1) is 0 Å². The molecule has 78 valence electrons. The Balaban J connectivity index is 2.27. The van der Waals surface area contributed by atoms with E-state index in [0.29, 0.717) is 6.10 Å². The molecule has 1 rings (SSSR count). The zero-order valence-corrected chi connectivity index (χ0v) is 9.23. The minimum absolute atomic E-state index is 0.134. The lowest BCUT2D eigenvalue weighted by Gasteiger charge is -2.42. The van der Waals surface area contributed by atoms with Gasteiger partial charge in [-0.25, -0.2) is 0 Å². The number of rotatable bonds is 6. The summed E-state index contributed by atoms with van der Waals surface area (Å²) in [5.41, 5.74) is 0.134. The first kappa shape index (κ1) is 11.0. The maximum Gasteiger partial charge on any atom is 0.0905 e. The SMILES string of the molecule is CCCC(CCC)OC1(C)CNC1. The van der Waals surface area contributed by atoms with Crippen molar-refractivity contribution in [2.24, 2.45) is 0 Å². The monoisotopic (exact) mass is 185 g/mol. The Hall–Kier alpha value is -0.0800. The van der Waals surface area contributed by atoms with Gasteiger partial charge in [-0.2, -0.15) is 0 Å². The van der Waals surface area contributed by atoms with Crippen LogP contribution in [0.1, 0.15) is 46.5 Å². The van der Waals surface area contributed by atoms with E-state index in [-0.39, 0.29) is 5.60 Å². The molecule has 0 bridgehead atoms. The summed E-state index contributed by atoms with van der Waals surface area (Å²) in [6.45, 7) is 8.72. The van der Waals surface area contributed by atoms with Gasteiger partial charge in [-0.05, 0) is 19.8 Å². The van der Waals surface area contributed by atoms with Gasteiger partial charge in [0.05, 0.1) is 11.7 Å². The van der Waals surface area contributed by atoms with Crippen molar-refractivity contribution in [3.05, 3.63) is 0 Å². The highest BCUT2D eigenvalue weighted by atomic mass is 16.5. The van der Waals surface area contributed by atoms with Crippen LogP contribution in [-0.4, -0.2) is 24.8 Å². The van der Waals surface area contributed by atoms with Crippen LogP contribution in [0.5, 0.6) is 0 Å². The van der Waals surface area contributed by atoms with Crippen molar-refractivity contribution in [2.75, 3.05) is 13.1 Å². The summed E-state index contributed by atoms with van der Waals surface area (Å²) in [4.78, 5) is 0. The second kappa shape index (κ2) is 4.97. The predicted octanol–water partition coefficient (Wildman–Crippen LogP) is 2.33. The molecule has 0 atom stereocenters. The Morgan fingerprint density at radius 1 is 1.23 bits per heavy atom. The fourth-order valence-corrected chi connectivity index (χ4v) is 1.87. The van der Waals surface area contributed by atoms with Crippen molar-refractivity contribution in [1.29, 1.82) is 0 Å². The summed E-state index contributed by atoms with van der Waals surface area (Å²) >= 11 is 0. The van der Waals surface area contributed by atoms with Gasteiger partial charge >= 0.3 is 0 Å². The van der Waals surface area contributed by atoms with Crippen LogP contribution in [0.4, 0.5) is 0 Å². The minimum atomic E-state index is 0.134. The second-order valence-electron chi connectivity index (χ2n) is 4.37. The molecule has 1 N–H and O–H groups in total. The van der Waals surface area contributed by atoms with Crippen molar-refractivity contribution >= 4 is 0 Å². The first-order valence-corrected chi connectivity index (χ1v) is 5.58. The number of ether oxygens (including phenoxy) is 1. The van der Waals surface area contributed by atoms with E-state index in [9.17, 15) is 0 Å². The van der Waals surface area contributed by atoms with Gasteiger partial charge in [0.1, 0.15) is 0 Å². The minimum Gasteiger partial charge on any atom is -0.369 e. The molecule has 13 heavy (non-hydrogen) atoms. The molecular formula is C11H23NO. The third kappa shape index (κ3) is 3.28. The van der Waals surface area contributed by atoms with Crippen LogP contribution in [0.2, 0.25) is 0 Å². The lowest BCUT2D eigenvalue weighted by molar-refractivity contribution is -0.115. The zero-order valence-electron chi connectivity index (χ0n) is 9.23. The molecule has 1 aliphatic heterocycles. The molecule has 0 aromatic rings. The smallest absolute Gasteiger partial charge is 0.0905 e. The summed E-state index contributed by atoms with van der Waals surface area (Å²) in [5, 5.41) is 3.27. The second-order valence-corrected chi connectivity index (χ2v) is 4.37.